The van der Waals surface area contributed by atoms with Crippen molar-refractivity contribution in [1.29, 1.82) is 0 Å². The van der Waals surface area contributed by atoms with Crippen LogP contribution in [0.25, 0.3) is 0 Å². The molecule has 0 fully saturated rings. The smallest absolute Gasteiger partial charge is 0.0431 e. The minimum Gasteiger partial charge on any atom is -0.396 e. The van der Waals surface area contributed by atoms with Crippen LogP contribution >= 0.6 is 0 Å². The Bertz CT molecular complexity index is 101. The Balaban J connectivity index is 3.50. The zero-order valence-corrected chi connectivity index (χ0v) is 6.64. The summed E-state index contributed by atoms with van der Waals surface area (Å²) in [4.78, 5) is 0. The standard InChI is InChI=1S/C8H17NO/c1-7(2)8(6-9)4-3-5-10/h8,10H,1,3-6,9H2,2H3/t8-/m0/s1. The van der Waals surface area contributed by atoms with Gasteiger partial charge in [0.2, 0.25) is 0 Å². The number of hydrogen-bond acceptors (Lipinski definition) is 2. The fourth-order valence-electron chi connectivity index (χ4n) is 0.903. The Morgan fingerprint density at radius 1 is 1.70 bits per heavy atom. The number of aliphatic hydroxyl groups is 1. The van der Waals surface area contributed by atoms with E-state index in [-0.39, 0.29) is 6.61 Å². The number of aliphatic hydroxyl groups excluding tert-OH is 1. The quantitative estimate of drug-likeness (QED) is 0.562. The molecule has 0 amide bonds. The van der Waals surface area contributed by atoms with Crippen molar-refractivity contribution in [2.24, 2.45) is 11.7 Å². The van der Waals surface area contributed by atoms with Crippen molar-refractivity contribution in [3.8, 4) is 0 Å². The molecule has 0 aliphatic heterocycles. The molecule has 0 heterocycles. The van der Waals surface area contributed by atoms with Crippen LogP contribution in [-0.2, 0) is 0 Å². The molecule has 0 aromatic rings. The van der Waals surface area contributed by atoms with Gasteiger partial charge in [-0.15, -0.1) is 0 Å². The molecular formula is C8H17NO. The lowest BCUT2D eigenvalue weighted by atomic mass is 9.97. The average molecular weight is 143 g/mol. The van der Waals surface area contributed by atoms with Crippen LogP contribution in [0.15, 0.2) is 12.2 Å². The first-order chi connectivity index (χ1) is 4.72. The van der Waals surface area contributed by atoms with Crippen molar-refractivity contribution in [1.82, 2.24) is 0 Å². The molecule has 0 radical (unpaired) electrons. The summed E-state index contributed by atoms with van der Waals surface area (Å²) in [5, 5.41) is 8.52. The van der Waals surface area contributed by atoms with E-state index in [1.807, 2.05) is 6.92 Å². The highest BCUT2D eigenvalue weighted by atomic mass is 16.2. The van der Waals surface area contributed by atoms with Gasteiger partial charge in [-0.3, -0.25) is 0 Å². The first-order valence-electron chi connectivity index (χ1n) is 3.68. The second-order valence-corrected chi connectivity index (χ2v) is 2.64. The summed E-state index contributed by atoms with van der Waals surface area (Å²) in [6.45, 7) is 6.70. The Morgan fingerprint density at radius 3 is 2.60 bits per heavy atom. The molecule has 3 N–H and O–H groups in total. The van der Waals surface area contributed by atoms with Gasteiger partial charge in [0, 0.05) is 6.61 Å². The fourth-order valence-corrected chi connectivity index (χ4v) is 0.903. The molecule has 1 atom stereocenters. The summed E-state index contributed by atoms with van der Waals surface area (Å²) in [7, 11) is 0. The van der Waals surface area contributed by atoms with Crippen LogP contribution in [-0.4, -0.2) is 18.3 Å². The molecule has 0 spiro atoms. The van der Waals surface area contributed by atoms with Gasteiger partial charge in [-0.05, 0) is 32.2 Å². The van der Waals surface area contributed by atoms with E-state index in [2.05, 4.69) is 6.58 Å². The van der Waals surface area contributed by atoms with Gasteiger partial charge < -0.3 is 10.8 Å². The SMILES string of the molecule is C=C(C)[C@H](CN)CCCO. The minimum atomic E-state index is 0.254. The van der Waals surface area contributed by atoms with Gasteiger partial charge in [-0.1, -0.05) is 12.2 Å². The number of rotatable bonds is 5. The summed E-state index contributed by atoms with van der Waals surface area (Å²) < 4.78 is 0. The molecule has 0 rings (SSSR count). The second-order valence-electron chi connectivity index (χ2n) is 2.64. The first-order valence-corrected chi connectivity index (χ1v) is 3.68. The van der Waals surface area contributed by atoms with Crippen molar-refractivity contribution < 1.29 is 5.11 Å². The fraction of sp³-hybridized carbons (Fsp3) is 0.750. The molecule has 2 nitrogen and oxygen atoms in total. The molecule has 2 heteroatoms. The van der Waals surface area contributed by atoms with Crippen molar-refractivity contribution in [2.75, 3.05) is 13.2 Å². The van der Waals surface area contributed by atoms with Crippen LogP contribution in [0.2, 0.25) is 0 Å². The highest BCUT2D eigenvalue weighted by molar-refractivity contribution is 4.96. The molecule has 10 heavy (non-hydrogen) atoms. The van der Waals surface area contributed by atoms with Gasteiger partial charge >= 0.3 is 0 Å². The summed E-state index contributed by atoms with van der Waals surface area (Å²) >= 11 is 0. The zero-order chi connectivity index (χ0) is 7.98. The number of nitrogens with two attached hydrogens (primary N) is 1. The maximum Gasteiger partial charge on any atom is 0.0431 e. The summed E-state index contributed by atoms with van der Waals surface area (Å²) in [6.07, 6.45) is 1.79. The molecule has 0 aliphatic rings. The molecular weight excluding hydrogens is 126 g/mol. The lowest BCUT2D eigenvalue weighted by Gasteiger charge is -2.12. The number of hydrogen-bond donors (Lipinski definition) is 2. The van der Waals surface area contributed by atoms with Gasteiger partial charge in [0.25, 0.3) is 0 Å². The van der Waals surface area contributed by atoms with Crippen LogP contribution in [0, 0.1) is 5.92 Å². The van der Waals surface area contributed by atoms with E-state index in [1.54, 1.807) is 0 Å². The third kappa shape index (κ3) is 3.64. The van der Waals surface area contributed by atoms with Crippen molar-refractivity contribution in [3.05, 3.63) is 12.2 Å². The van der Waals surface area contributed by atoms with Crippen molar-refractivity contribution in [2.45, 2.75) is 19.8 Å². The maximum absolute atomic E-state index is 8.52. The van der Waals surface area contributed by atoms with E-state index >= 15 is 0 Å². The third-order valence-corrected chi connectivity index (χ3v) is 1.69. The molecule has 0 aromatic heterocycles. The van der Waals surface area contributed by atoms with Crippen molar-refractivity contribution in [3.63, 3.8) is 0 Å². The van der Waals surface area contributed by atoms with E-state index in [9.17, 15) is 0 Å². The zero-order valence-electron chi connectivity index (χ0n) is 6.64. The molecule has 0 aliphatic carbocycles. The highest BCUT2D eigenvalue weighted by Gasteiger charge is 2.05. The minimum absolute atomic E-state index is 0.254. The third-order valence-electron chi connectivity index (χ3n) is 1.69. The van der Waals surface area contributed by atoms with Gasteiger partial charge in [-0.2, -0.15) is 0 Å². The molecule has 0 unspecified atom stereocenters. The van der Waals surface area contributed by atoms with Gasteiger partial charge in [-0.25, -0.2) is 0 Å². The Morgan fingerprint density at radius 2 is 2.30 bits per heavy atom. The van der Waals surface area contributed by atoms with E-state index < -0.39 is 0 Å². The van der Waals surface area contributed by atoms with E-state index in [4.69, 9.17) is 10.8 Å². The maximum atomic E-state index is 8.52. The largest absolute Gasteiger partial charge is 0.396 e. The lowest BCUT2D eigenvalue weighted by Crippen LogP contribution is -2.15. The predicted octanol–water partition coefficient (Wildman–Crippen LogP) is 0.910. The molecule has 0 saturated carbocycles. The lowest BCUT2D eigenvalue weighted by molar-refractivity contribution is 0.276. The van der Waals surface area contributed by atoms with E-state index in [0.717, 1.165) is 18.4 Å². The topological polar surface area (TPSA) is 46.2 Å². The highest BCUT2D eigenvalue weighted by Crippen LogP contribution is 2.12. The van der Waals surface area contributed by atoms with Crippen molar-refractivity contribution >= 4 is 0 Å². The van der Waals surface area contributed by atoms with Crippen LogP contribution in [0.1, 0.15) is 19.8 Å². The molecule has 0 saturated heterocycles. The van der Waals surface area contributed by atoms with Gasteiger partial charge in [0.15, 0.2) is 0 Å². The predicted molar refractivity (Wildman–Crippen MR) is 43.7 cm³/mol. The molecule has 0 aromatic carbocycles. The van der Waals surface area contributed by atoms with Gasteiger partial charge in [0.05, 0.1) is 0 Å². The summed E-state index contributed by atoms with van der Waals surface area (Å²) in [6, 6.07) is 0. The summed E-state index contributed by atoms with van der Waals surface area (Å²) in [5.41, 5.74) is 6.59. The average Bonchev–Trinajstić information content (AvgIpc) is 1.89. The Kier molecular flexibility index (Phi) is 5.26. The first kappa shape index (κ1) is 9.66. The Hall–Kier alpha value is -0.340. The molecule has 60 valence electrons. The van der Waals surface area contributed by atoms with Crippen LogP contribution in [0.5, 0.6) is 0 Å². The van der Waals surface area contributed by atoms with Gasteiger partial charge in [0.1, 0.15) is 0 Å². The van der Waals surface area contributed by atoms with E-state index in [1.165, 1.54) is 0 Å². The summed E-state index contributed by atoms with van der Waals surface area (Å²) in [5.74, 6) is 0.396. The van der Waals surface area contributed by atoms with Crippen LogP contribution < -0.4 is 5.73 Å². The van der Waals surface area contributed by atoms with Crippen LogP contribution in [0.3, 0.4) is 0 Å². The monoisotopic (exact) mass is 143 g/mol. The van der Waals surface area contributed by atoms with Crippen LogP contribution in [0.4, 0.5) is 0 Å². The van der Waals surface area contributed by atoms with E-state index in [0.29, 0.717) is 12.5 Å². The normalized spacial score (nSPS) is 13.1. The molecule has 0 bridgehead atoms. The second kappa shape index (κ2) is 5.45. The Labute approximate surface area is 62.7 Å².